The molecule has 35 heavy (non-hydrogen) atoms. The first-order valence-corrected chi connectivity index (χ1v) is 10.6. The van der Waals surface area contributed by atoms with Gasteiger partial charge < -0.3 is 10.6 Å². The highest BCUT2D eigenvalue weighted by Gasteiger charge is 2.31. The van der Waals surface area contributed by atoms with E-state index in [1.54, 1.807) is 25.1 Å². The zero-order valence-corrected chi connectivity index (χ0v) is 18.4. The van der Waals surface area contributed by atoms with E-state index in [0.717, 1.165) is 24.3 Å². The number of carbonyl (C=O) groups excluding carboxylic acids is 3. The van der Waals surface area contributed by atoms with E-state index in [1.807, 2.05) is 0 Å². The highest BCUT2D eigenvalue weighted by Crippen LogP contribution is 2.29. The minimum atomic E-state index is -4.47. The number of hydrogen-bond acceptors (Lipinski definition) is 5. The first-order chi connectivity index (χ1) is 16.5. The Balaban J connectivity index is 1.49. The fraction of sp³-hybridized carbons (Fsp3) is 0.261. The average Bonchev–Trinajstić information content (AvgIpc) is 2.79. The highest BCUT2D eigenvalue weighted by atomic mass is 19.4. The van der Waals surface area contributed by atoms with Crippen molar-refractivity contribution in [2.75, 3.05) is 5.32 Å². The minimum absolute atomic E-state index is 0.0220. The van der Waals surface area contributed by atoms with Crippen molar-refractivity contribution in [2.45, 2.75) is 38.5 Å². The molecule has 1 aromatic heterocycles. The monoisotopic (exact) mass is 487 g/mol. The summed E-state index contributed by atoms with van der Waals surface area (Å²) in [5, 5.41) is 7.48. The molecule has 1 atom stereocenters. The third-order valence-electron chi connectivity index (χ3n) is 5.59. The second kappa shape index (κ2) is 9.20. The number of benzene rings is 2. The fourth-order valence-corrected chi connectivity index (χ4v) is 3.86. The van der Waals surface area contributed by atoms with E-state index in [-0.39, 0.29) is 30.5 Å². The summed E-state index contributed by atoms with van der Waals surface area (Å²) >= 11 is 0. The van der Waals surface area contributed by atoms with Crippen molar-refractivity contribution < 1.29 is 27.6 Å². The van der Waals surface area contributed by atoms with Gasteiger partial charge in [-0.15, -0.1) is 0 Å². The number of amides is 4. The van der Waals surface area contributed by atoms with Gasteiger partial charge in [-0.2, -0.15) is 13.2 Å². The zero-order valence-electron chi connectivity index (χ0n) is 18.4. The number of piperidine rings is 1. The summed E-state index contributed by atoms with van der Waals surface area (Å²) in [6.07, 6.45) is -4.18. The first-order valence-electron chi connectivity index (χ1n) is 10.6. The number of nitrogens with zero attached hydrogens (tertiary/aromatic N) is 2. The van der Waals surface area contributed by atoms with E-state index in [2.05, 4.69) is 20.9 Å². The van der Waals surface area contributed by atoms with E-state index in [0.29, 0.717) is 16.9 Å². The van der Waals surface area contributed by atoms with Gasteiger partial charge in [-0.1, -0.05) is 6.07 Å². The number of aryl methyl sites for hydroxylation is 1. The van der Waals surface area contributed by atoms with Gasteiger partial charge in [0.2, 0.25) is 11.8 Å². The van der Waals surface area contributed by atoms with Gasteiger partial charge >= 0.3 is 12.2 Å². The summed E-state index contributed by atoms with van der Waals surface area (Å²) in [6, 6.07) is 7.34. The number of carbonyl (C=O) groups is 3. The number of hydrogen-bond donors (Lipinski definition) is 3. The predicted molar refractivity (Wildman–Crippen MR) is 119 cm³/mol. The molecule has 1 fully saturated rings. The SMILES string of the molecule is Cc1nc2ccc(CNC(=O)Nc3ccc(C(F)(F)F)cc3)cc2c(=O)n1C1CCC(=O)NC1=O. The number of alkyl halides is 3. The van der Waals surface area contributed by atoms with E-state index >= 15 is 0 Å². The number of anilines is 1. The molecule has 0 aliphatic carbocycles. The molecule has 0 bridgehead atoms. The molecule has 0 saturated carbocycles. The van der Waals surface area contributed by atoms with Crippen LogP contribution in [0.4, 0.5) is 23.7 Å². The van der Waals surface area contributed by atoms with Crippen LogP contribution in [0.25, 0.3) is 10.9 Å². The lowest BCUT2D eigenvalue weighted by Gasteiger charge is -2.24. The van der Waals surface area contributed by atoms with Crippen LogP contribution < -0.4 is 21.5 Å². The summed E-state index contributed by atoms with van der Waals surface area (Å²) in [5.41, 5.74) is -0.114. The van der Waals surface area contributed by atoms with Crippen molar-refractivity contribution in [3.05, 3.63) is 69.8 Å². The maximum Gasteiger partial charge on any atom is 0.416 e. The molecule has 9 nitrogen and oxygen atoms in total. The molecule has 1 aliphatic rings. The molecule has 12 heteroatoms. The van der Waals surface area contributed by atoms with Crippen LogP contribution in [0.3, 0.4) is 0 Å². The molecule has 4 amide bonds. The Bertz CT molecular complexity index is 1380. The number of imide groups is 1. The van der Waals surface area contributed by atoms with Gasteiger partial charge in [-0.05, 0) is 55.3 Å². The van der Waals surface area contributed by atoms with Crippen LogP contribution in [0, 0.1) is 6.92 Å². The number of halogens is 3. The molecule has 0 radical (unpaired) electrons. The zero-order chi connectivity index (χ0) is 25.3. The molecule has 0 spiro atoms. The van der Waals surface area contributed by atoms with Crippen molar-refractivity contribution >= 4 is 34.4 Å². The van der Waals surface area contributed by atoms with Gasteiger partial charge in [-0.25, -0.2) is 9.78 Å². The van der Waals surface area contributed by atoms with Crippen LogP contribution >= 0.6 is 0 Å². The molecular formula is C23H20F3N5O4. The number of nitrogens with one attached hydrogen (secondary N) is 3. The molecule has 182 valence electrons. The molecule has 1 unspecified atom stereocenters. The molecular weight excluding hydrogens is 467 g/mol. The smallest absolute Gasteiger partial charge is 0.334 e. The lowest BCUT2D eigenvalue weighted by atomic mass is 10.0. The molecule has 3 aromatic rings. The van der Waals surface area contributed by atoms with Crippen molar-refractivity contribution in [3.8, 4) is 0 Å². The lowest BCUT2D eigenvalue weighted by Crippen LogP contribution is -2.45. The Kier molecular flexibility index (Phi) is 6.29. The molecule has 1 aliphatic heterocycles. The summed E-state index contributed by atoms with van der Waals surface area (Å²) < 4.78 is 39.2. The van der Waals surface area contributed by atoms with Gasteiger partial charge in [0.1, 0.15) is 11.9 Å². The molecule has 4 rings (SSSR count). The summed E-state index contributed by atoms with van der Waals surface area (Å²) in [7, 11) is 0. The Hall–Kier alpha value is -4.22. The van der Waals surface area contributed by atoms with E-state index in [4.69, 9.17) is 0 Å². The third-order valence-corrected chi connectivity index (χ3v) is 5.59. The van der Waals surface area contributed by atoms with Gasteiger partial charge in [0.05, 0.1) is 16.5 Å². The van der Waals surface area contributed by atoms with E-state index < -0.39 is 41.2 Å². The van der Waals surface area contributed by atoms with Gasteiger partial charge in [0.15, 0.2) is 0 Å². The lowest BCUT2D eigenvalue weighted by molar-refractivity contribution is -0.138. The Morgan fingerprint density at radius 3 is 2.51 bits per heavy atom. The number of urea groups is 1. The predicted octanol–water partition coefficient (Wildman–Crippen LogP) is 3.02. The maximum absolute atomic E-state index is 13.2. The van der Waals surface area contributed by atoms with Crippen molar-refractivity contribution in [1.82, 2.24) is 20.2 Å². The molecule has 3 N–H and O–H groups in total. The van der Waals surface area contributed by atoms with Crippen LogP contribution in [-0.2, 0) is 22.3 Å². The fourth-order valence-electron chi connectivity index (χ4n) is 3.86. The topological polar surface area (TPSA) is 122 Å². The van der Waals surface area contributed by atoms with Crippen LogP contribution in [0.15, 0.2) is 47.3 Å². The number of rotatable bonds is 4. The Morgan fingerprint density at radius 2 is 1.86 bits per heavy atom. The van der Waals surface area contributed by atoms with E-state index in [1.165, 1.54) is 4.57 Å². The summed E-state index contributed by atoms with van der Waals surface area (Å²) in [4.78, 5) is 53.5. The number of fused-ring (bicyclic) bond motifs is 1. The Morgan fingerprint density at radius 1 is 1.14 bits per heavy atom. The van der Waals surface area contributed by atoms with Crippen LogP contribution in [0.2, 0.25) is 0 Å². The van der Waals surface area contributed by atoms with Gasteiger partial charge in [0.25, 0.3) is 5.56 Å². The molecule has 2 aromatic carbocycles. The highest BCUT2D eigenvalue weighted by molar-refractivity contribution is 5.99. The molecule has 1 saturated heterocycles. The van der Waals surface area contributed by atoms with Crippen molar-refractivity contribution in [3.63, 3.8) is 0 Å². The summed E-state index contributed by atoms with van der Waals surface area (Å²) in [6.45, 7) is 1.62. The van der Waals surface area contributed by atoms with Crippen molar-refractivity contribution in [2.24, 2.45) is 0 Å². The number of aromatic nitrogens is 2. The normalized spacial score (nSPS) is 16.2. The van der Waals surface area contributed by atoms with Gasteiger partial charge in [0, 0.05) is 18.7 Å². The third kappa shape index (κ3) is 5.15. The van der Waals surface area contributed by atoms with Crippen LogP contribution in [-0.4, -0.2) is 27.4 Å². The average molecular weight is 487 g/mol. The second-order valence-corrected chi connectivity index (χ2v) is 8.04. The Labute approximate surface area is 196 Å². The minimum Gasteiger partial charge on any atom is -0.334 e. The van der Waals surface area contributed by atoms with E-state index in [9.17, 15) is 32.3 Å². The first kappa shape index (κ1) is 23.9. The van der Waals surface area contributed by atoms with Crippen molar-refractivity contribution in [1.29, 1.82) is 0 Å². The quantitative estimate of drug-likeness (QED) is 0.489. The van der Waals surface area contributed by atoms with Crippen LogP contribution in [0.5, 0.6) is 0 Å². The second-order valence-electron chi connectivity index (χ2n) is 8.04. The molecule has 2 heterocycles. The summed E-state index contributed by atoms with van der Waals surface area (Å²) in [5.74, 6) is -0.627. The largest absolute Gasteiger partial charge is 0.416 e. The van der Waals surface area contributed by atoms with Crippen LogP contribution in [0.1, 0.15) is 35.8 Å². The van der Waals surface area contributed by atoms with Gasteiger partial charge in [-0.3, -0.25) is 24.3 Å². The maximum atomic E-state index is 13.2. The standard InChI is InChI=1S/C23H20F3N5O4/c1-12-28-17-7-2-13(10-16(17)21(34)31(12)18-8-9-19(32)30-20(18)33)11-27-22(35)29-15-5-3-14(4-6-15)23(24,25)26/h2-7,10,18H,8-9,11H2,1H3,(H2,27,29,35)(H,30,32,33).